The average molecular weight is 361 g/mol. The standard InChI is InChI=1S/C23H40N2O/c1-2-3-4-5-6-7-8-9-10-11-20-26-23-14-12-22(13-15-23)21-25-18-16-24-17-19-25/h12-15,24H,2-11,16-21H2,1H3. The van der Waals surface area contributed by atoms with Gasteiger partial charge in [-0.25, -0.2) is 0 Å². The molecule has 0 atom stereocenters. The third kappa shape index (κ3) is 9.59. The molecular weight excluding hydrogens is 320 g/mol. The molecule has 0 aliphatic carbocycles. The SMILES string of the molecule is CCCCCCCCCCCCOc1ccc(CN2CCNCC2)cc1. The Morgan fingerprint density at radius 1 is 0.808 bits per heavy atom. The molecule has 0 unspecified atom stereocenters. The fraction of sp³-hybridized carbons (Fsp3) is 0.739. The van der Waals surface area contributed by atoms with Crippen molar-refractivity contribution in [1.82, 2.24) is 10.2 Å². The van der Waals surface area contributed by atoms with Gasteiger partial charge in [-0.1, -0.05) is 76.8 Å². The summed E-state index contributed by atoms with van der Waals surface area (Å²) in [5, 5.41) is 3.40. The van der Waals surface area contributed by atoms with E-state index in [1.807, 2.05) is 0 Å². The average Bonchev–Trinajstić information content (AvgIpc) is 2.68. The monoisotopic (exact) mass is 360 g/mol. The van der Waals surface area contributed by atoms with E-state index in [4.69, 9.17) is 4.74 Å². The van der Waals surface area contributed by atoms with Gasteiger partial charge in [0.05, 0.1) is 6.61 Å². The van der Waals surface area contributed by atoms with Crippen molar-refractivity contribution in [1.29, 1.82) is 0 Å². The Labute approximate surface area is 161 Å². The Morgan fingerprint density at radius 2 is 1.38 bits per heavy atom. The minimum Gasteiger partial charge on any atom is -0.494 e. The molecule has 1 heterocycles. The van der Waals surface area contributed by atoms with Crippen molar-refractivity contribution in [2.45, 2.75) is 77.7 Å². The maximum Gasteiger partial charge on any atom is 0.119 e. The largest absolute Gasteiger partial charge is 0.494 e. The van der Waals surface area contributed by atoms with Crippen molar-refractivity contribution >= 4 is 0 Å². The van der Waals surface area contributed by atoms with Crippen molar-refractivity contribution < 1.29 is 4.74 Å². The highest BCUT2D eigenvalue weighted by molar-refractivity contribution is 5.27. The molecule has 1 saturated heterocycles. The lowest BCUT2D eigenvalue weighted by Crippen LogP contribution is -2.42. The van der Waals surface area contributed by atoms with Crippen LogP contribution in [0.15, 0.2) is 24.3 Å². The first kappa shape index (κ1) is 21.2. The molecule has 1 fully saturated rings. The number of hydrogen-bond donors (Lipinski definition) is 1. The molecule has 0 bridgehead atoms. The van der Waals surface area contributed by atoms with Crippen LogP contribution in [0.3, 0.4) is 0 Å². The Hall–Kier alpha value is -1.06. The van der Waals surface area contributed by atoms with Gasteiger partial charge in [-0.05, 0) is 24.1 Å². The summed E-state index contributed by atoms with van der Waals surface area (Å²) in [4.78, 5) is 2.51. The number of hydrogen-bond acceptors (Lipinski definition) is 3. The second kappa shape index (κ2) is 14.1. The second-order valence-electron chi connectivity index (χ2n) is 7.70. The molecule has 0 saturated carbocycles. The van der Waals surface area contributed by atoms with Crippen LogP contribution >= 0.6 is 0 Å². The molecule has 1 aliphatic heterocycles. The third-order valence-electron chi connectivity index (χ3n) is 5.31. The predicted octanol–water partition coefficient (Wildman–Crippen LogP) is 5.39. The molecule has 1 aliphatic rings. The van der Waals surface area contributed by atoms with Gasteiger partial charge in [0.2, 0.25) is 0 Å². The highest BCUT2D eigenvalue weighted by atomic mass is 16.5. The number of rotatable bonds is 14. The predicted molar refractivity (Wildman–Crippen MR) is 112 cm³/mol. The Morgan fingerprint density at radius 3 is 2.00 bits per heavy atom. The van der Waals surface area contributed by atoms with Crippen LogP contribution in [0.2, 0.25) is 0 Å². The van der Waals surface area contributed by atoms with E-state index in [1.165, 1.54) is 69.8 Å². The van der Waals surface area contributed by atoms with Gasteiger partial charge in [-0.2, -0.15) is 0 Å². The topological polar surface area (TPSA) is 24.5 Å². The zero-order valence-corrected chi connectivity index (χ0v) is 17.0. The van der Waals surface area contributed by atoms with Crippen LogP contribution < -0.4 is 10.1 Å². The van der Waals surface area contributed by atoms with Crippen molar-refractivity contribution in [2.75, 3.05) is 32.8 Å². The summed E-state index contributed by atoms with van der Waals surface area (Å²) >= 11 is 0. The molecule has 1 aromatic rings. The molecule has 0 spiro atoms. The van der Waals surface area contributed by atoms with E-state index in [0.717, 1.165) is 45.1 Å². The maximum absolute atomic E-state index is 5.90. The Bertz CT molecular complexity index is 440. The molecule has 1 N–H and O–H groups in total. The zero-order chi connectivity index (χ0) is 18.3. The fourth-order valence-corrected chi connectivity index (χ4v) is 3.60. The van der Waals surface area contributed by atoms with Gasteiger partial charge < -0.3 is 10.1 Å². The van der Waals surface area contributed by atoms with Crippen LogP contribution in [0.5, 0.6) is 5.75 Å². The molecule has 26 heavy (non-hydrogen) atoms. The number of ether oxygens (including phenoxy) is 1. The summed E-state index contributed by atoms with van der Waals surface area (Å²) in [6, 6.07) is 8.70. The summed E-state index contributed by atoms with van der Waals surface area (Å²) in [5.41, 5.74) is 1.39. The van der Waals surface area contributed by atoms with Gasteiger partial charge in [0.15, 0.2) is 0 Å². The van der Waals surface area contributed by atoms with Crippen molar-refractivity contribution in [3.05, 3.63) is 29.8 Å². The molecule has 148 valence electrons. The number of nitrogens with one attached hydrogen (secondary N) is 1. The lowest BCUT2D eigenvalue weighted by molar-refractivity contribution is 0.233. The van der Waals surface area contributed by atoms with Crippen molar-refractivity contribution in [3.8, 4) is 5.75 Å². The number of benzene rings is 1. The zero-order valence-electron chi connectivity index (χ0n) is 17.0. The number of nitrogens with zero attached hydrogens (tertiary/aromatic N) is 1. The van der Waals surface area contributed by atoms with E-state index < -0.39 is 0 Å². The lowest BCUT2D eigenvalue weighted by atomic mass is 10.1. The van der Waals surface area contributed by atoms with Gasteiger partial charge in [0.25, 0.3) is 0 Å². The van der Waals surface area contributed by atoms with E-state index in [2.05, 4.69) is 41.4 Å². The van der Waals surface area contributed by atoms with Crippen LogP contribution in [-0.2, 0) is 6.54 Å². The van der Waals surface area contributed by atoms with Crippen molar-refractivity contribution in [2.24, 2.45) is 0 Å². The van der Waals surface area contributed by atoms with Crippen LogP contribution in [-0.4, -0.2) is 37.7 Å². The first-order valence-electron chi connectivity index (χ1n) is 11.0. The molecule has 2 rings (SSSR count). The van der Waals surface area contributed by atoms with Crippen LogP contribution in [0.25, 0.3) is 0 Å². The molecule has 3 heteroatoms. The maximum atomic E-state index is 5.90. The molecule has 0 aromatic heterocycles. The Balaban J connectivity index is 1.45. The van der Waals surface area contributed by atoms with Gasteiger partial charge in [0.1, 0.15) is 5.75 Å². The van der Waals surface area contributed by atoms with Gasteiger partial charge in [0, 0.05) is 32.7 Å². The number of unbranched alkanes of at least 4 members (excludes halogenated alkanes) is 9. The summed E-state index contributed by atoms with van der Waals surface area (Å²) in [6.07, 6.45) is 13.7. The van der Waals surface area contributed by atoms with Crippen molar-refractivity contribution in [3.63, 3.8) is 0 Å². The van der Waals surface area contributed by atoms with Crippen LogP contribution in [0, 0.1) is 0 Å². The summed E-state index contributed by atoms with van der Waals surface area (Å²) in [5.74, 6) is 1.02. The van der Waals surface area contributed by atoms with E-state index in [9.17, 15) is 0 Å². The highest BCUT2D eigenvalue weighted by Gasteiger charge is 2.09. The number of piperazine rings is 1. The summed E-state index contributed by atoms with van der Waals surface area (Å²) < 4.78 is 5.90. The molecule has 0 radical (unpaired) electrons. The quantitative estimate of drug-likeness (QED) is 0.450. The van der Waals surface area contributed by atoms with Crippen LogP contribution in [0.1, 0.15) is 76.7 Å². The van der Waals surface area contributed by atoms with Gasteiger partial charge in [-0.15, -0.1) is 0 Å². The van der Waals surface area contributed by atoms with E-state index >= 15 is 0 Å². The normalized spacial score (nSPS) is 15.3. The fourth-order valence-electron chi connectivity index (χ4n) is 3.60. The molecule has 1 aromatic carbocycles. The third-order valence-corrected chi connectivity index (χ3v) is 5.31. The van der Waals surface area contributed by atoms with Gasteiger partial charge >= 0.3 is 0 Å². The smallest absolute Gasteiger partial charge is 0.119 e. The molecular formula is C23H40N2O. The molecule has 3 nitrogen and oxygen atoms in total. The highest BCUT2D eigenvalue weighted by Crippen LogP contribution is 2.15. The summed E-state index contributed by atoms with van der Waals surface area (Å²) in [6.45, 7) is 8.71. The minimum atomic E-state index is 0.855. The van der Waals surface area contributed by atoms with E-state index in [-0.39, 0.29) is 0 Å². The summed E-state index contributed by atoms with van der Waals surface area (Å²) in [7, 11) is 0. The van der Waals surface area contributed by atoms with Crippen LogP contribution in [0.4, 0.5) is 0 Å². The molecule has 0 amide bonds. The van der Waals surface area contributed by atoms with E-state index in [1.54, 1.807) is 0 Å². The second-order valence-corrected chi connectivity index (χ2v) is 7.70. The Kier molecular flexibility index (Phi) is 11.5. The first-order valence-corrected chi connectivity index (χ1v) is 11.0. The minimum absolute atomic E-state index is 0.855. The van der Waals surface area contributed by atoms with Gasteiger partial charge in [-0.3, -0.25) is 4.90 Å². The lowest BCUT2D eigenvalue weighted by Gasteiger charge is -2.27. The first-order chi connectivity index (χ1) is 12.9. The van der Waals surface area contributed by atoms with E-state index in [0.29, 0.717) is 0 Å².